The van der Waals surface area contributed by atoms with Gasteiger partial charge in [-0.3, -0.25) is 14.2 Å². The van der Waals surface area contributed by atoms with Crippen LogP contribution in [0.15, 0.2) is 72.9 Å². The highest BCUT2D eigenvalue weighted by Crippen LogP contribution is 2.38. The van der Waals surface area contributed by atoms with Gasteiger partial charge in [-0.25, -0.2) is 0 Å². The van der Waals surface area contributed by atoms with Crippen LogP contribution in [-0.4, -0.2) is 70.0 Å². The van der Waals surface area contributed by atoms with Crippen LogP contribution in [0.1, 0.15) is 206 Å². The topological polar surface area (TPSA) is 111 Å². The first kappa shape index (κ1) is 61.5. The zero-order chi connectivity index (χ0) is 47.1. The maximum atomic E-state index is 12.7. The third-order valence-electron chi connectivity index (χ3n) is 10.7. The Bertz CT molecular complexity index is 1310. The summed E-state index contributed by atoms with van der Waals surface area (Å²) in [7, 11) is 1.13. The number of nitrogens with zero attached hydrogens (tertiary/aromatic N) is 1. The SMILES string of the molecule is CC/C=C\C/C=C\C/C=C\C/C=C\CCCCC(=O)OC(COC(=O)CCCCCCCCCCCCCCC/C=C\C/C=C\CCCCCCC)COP(=O)([O-])OCC[N+](C)(C)C. The number of unbranched alkanes of at least 4 members (excludes halogenated alkanes) is 20. The van der Waals surface area contributed by atoms with Crippen molar-refractivity contribution >= 4 is 19.8 Å². The molecule has 0 aliphatic rings. The molecule has 0 aromatic heterocycles. The Morgan fingerprint density at radius 1 is 0.500 bits per heavy atom. The second kappa shape index (κ2) is 45.6. The van der Waals surface area contributed by atoms with Gasteiger partial charge in [0.2, 0.25) is 0 Å². The van der Waals surface area contributed by atoms with Gasteiger partial charge in [0.05, 0.1) is 27.7 Å². The van der Waals surface area contributed by atoms with E-state index < -0.39 is 32.5 Å². The molecule has 0 saturated carbocycles. The van der Waals surface area contributed by atoms with Gasteiger partial charge >= 0.3 is 11.9 Å². The summed E-state index contributed by atoms with van der Waals surface area (Å²) in [6, 6.07) is 0. The van der Waals surface area contributed by atoms with Crippen LogP contribution in [0, 0.1) is 0 Å². The quantitative estimate of drug-likeness (QED) is 0.0195. The van der Waals surface area contributed by atoms with E-state index in [1.807, 2.05) is 21.1 Å². The molecule has 0 rings (SSSR count). The van der Waals surface area contributed by atoms with Gasteiger partial charge in [-0.05, 0) is 83.5 Å². The van der Waals surface area contributed by atoms with Gasteiger partial charge in [-0.2, -0.15) is 0 Å². The van der Waals surface area contributed by atoms with E-state index in [-0.39, 0.29) is 26.1 Å². The minimum atomic E-state index is -4.64. The highest BCUT2D eigenvalue weighted by atomic mass is 31.2. The fraction of sp³-hybridized carbons (Fsp3) is 0.741. The van der Waals surface area contributed by atoms with Crippen molar-refractivity contribution in [1.82, 2.24) is 0 Å². The molecule has 0 aliphatic carbocycles. The molecule has 0 aliphatic heterocycles. The number of allylic oxidation sites excluding steroid dienone is 12. The first-order valence-electron chi connectivity index (χ1n) is 25.6. The number of phosphoric acid groups is 1. The summed E-state index contributed by atoms with van der Waals surface area (Å²) in [4.78, 5) is 37.7. The van der Waals surface area contributed by atoms with Crippen molar-refractivity contribution in [1.29, 1.82) is 0 Å². The van der Waals surface area contributed by atoms with Crippen LogP contribution in [0.5, 0.6) is 0 Å². The van der Waals surface area contributed by atoms with Gasteiger partial charge in [0.15, 0.2) is 6.10 Å². The smallest absolute Gasteiger partial charge is 0.306 e. The second-order valence-corrected chi connectivity index (χ2v) is 19.6. The number of carbonyl (C=O) groups excluding carboxylic acids is 2. The third-order valence-corrected chi connectivity index (χ3v) is 11.7. The summed E-state index contributed by atoms with van der Waals surface area (Å²) in [5.74, 6) is -0.885. The summed E-state index contributed by atoms with van der Waals surface area (Å²) in [5, 5.41) is 0. The summed E-state index contributed by atoms with van der Waals surface area (Å²) in [6.45, 7) is 4.06. The third kappa shape index (κ3) is 48.9. The second-order valence-electron chi connectivity index (χ2n) is 18.1. The number of likely N-dealkylation sites (N-methyl/N-ethyl adjacent to an activating group) is 1. The molecule has 0 saturated heterocycles. The zero-order valence-electron chi connectivity index (χ0n) is 41.7. The van der Waals surface area contributed by atoms with Crippen molar-refractivity contribution < 1.29 is 42.1 Å². The van der Waals surface area contributed by atoms with Crippen LogP contribution in [0.3, 0.4) is 0 Å². The Morgan fingerprint density at radius 3 is 1.36 bits per heavy atom. The lowest BCUT2D eigenvalue weighted by atomic mass is 10.0. The van der Waals surface area contributed by atoms with E-state index in [1.54, 1.807) is 0 Å². The Labute approximate surface area is 393 Å². The largest absolute Gasteiger partial charge is 0.756 e. The number of hydrogen-bond donors (Lipinski definition) is 0. The molecule has 0 fully saturated rings. The predicted octanol–water partition coefficient (Wildman–Crippen LogP) is 14.7. The van der Waals surface area contributed by atoms with E-state index >= 15 is 0 Å². The molecular formula is C54H96NO8P. The highest BCUT2D eigenvalue weighted by molar-refractivity contribution is 7.45. The Kier molecular flexibility index (Phi) is 43.8. The molecule has 10 heteroatoms. The zero-order valence-corrected chi connectivity index (χ0v) is 42.6. The lowest BCUT2D eigenvalue weighted by Gasteiger charge is -2.28. The standard InChI is InChI=1S/C54H96NO8P/c1-6-8-10-12-14-16-18-20-22-23-24-25-26-27-28-29-30-31-33-34-36-38-40-42-44-46-53(56)60-50-52(51-62-64(58,59)61-49-48-55(3,4)5)63-54(57)47-45-43-41-39-37-35-32-21-19-17-15-13-11-9-7-2/h9,11,15,17-18,20-21,23-24,32,37,39,52H,6-8,10,12-14,16,19,22,25-31,33-36,38,40-51H2,1-5H3/b11-9-,17-15-,20-18-,24-23-,32-21-,39-37-. The fourth-order valence-electron chi connectivity index (χ4n) is 6.73. The van der Waals surface area contributed by atoms with Gasteiger partial charge in [0.1, 0.15) is 19.8 Å². The Hall–Kier alpha value is -2.55. The number of carbonyl (C=O) groups is 2. The number of rotatable bonds is 46. The molecule has 0 radical (unpaired) electrons. The number of esters is 2. The van der Waals surface area contributed by atoms with Crippen molar-refractivity contribution in [2.24, 2.45) is 0 Å². The Morgan fingerprint density at radius 2 is 0.891 bits per heavy atom. The molecule has 9 nitrogen and oxygen atoms in total. The van der Waals surface area contributed by atoms with E-state index in [0.29, 0.717) is 17.4 Å². The average Bonchev–Trinajstić information content (AvgIpc) is 3.25. The average molecular weight is 918 g/mol. The van der Waals surface area contributed by atoms with Crippen molar-refractivity contribution in [3.63, 3.8) is 0 Å². The van der Waals surface area contributed by atoms with E-state index in [0.717, 1.165) is 64.2 Å². The molecule has 0 aromatic rings. The minimum Gasteiger partial charge on any atom is -0.756 e. The van der Waals surface area contributed by atoms with Crippen LogP contribution < -0.4 is 4.89 Å². The summed E-state index contributed by atoms with van der Waals surface area (Å²) >= 11 is 0. The first-order chi connectivity index (χ1) is 31.0. The molecule has 0 spiro atoms. The van der Waals surface area contributed by atoms with E-state index in [1.165, 1.54) is 109 Å². The van der Waals surface area contributed by atoms with Crippen molar-refractivity contribution in [3.8, 4) is 0 Å². The van der Waals surface area contributed by atoms with Gasteiger partial charge in [0, 0.05) is 12.8 Å². The maximum Gasteiger partial charge on any atom is 0.306 e. The molecule has 64 heavy (non-hydrogen) atoms. The minimum absolute atomic E-state index is 0.0419. The summed E-state index contributed by atoms with van der Waals surface area (Å²) in [6.07, 6.45) is 58.0. The lowest BCUT2D eigenvalue weighted by Crippen LogP contribution is -2.37. The van der Waals surface area contributed by atoms with Gasteiger partial charge in [-0.15, -0.1) is 0 Å². The highest BCUT2D eigenvalue weighted by Gasteiger charge is 2.21. The monoisotopic (exact) mass is 918 g/mol. The number of phosphoric ester groups is 1. The molecule has 2 atom stereocenters. The van der Waals surface area contributed by atoms with Crippen LogP contribution in [-0.2, 0) is 32.7 Å². The van der Waals surface area contributed by atoms with E-state index in [4.69, 9.17) is 18.5 Å². The molecular weight excluding hydrogens is 822 g/mol. The lowest BCUT2D eigenvalue weighted by molar-refractivity contribution is -0.870. The number of ether oxygens (including phenoxy) is 2. The van der Waals surface area contributed by atoms with Crippen LogP contribution in [0.2, 0.25) is 0 Å². The Balaban J connectivity index is 4.23. The van der Waals surface area contributed by atoms with Gasteiger partial charge in [0.25, 0.3) is 7.82 Å². The molecule has 370 valence electrons. The molecule has 0 bridgehead atoms. The fourth-order valence-corrected chi connectivity index (χ4v) is 7.46. The van der Waals surface area contributed by atoms with Gasteiger partial charge < -0.3 is 27.9 Å². The van der Waals surface area contributed by atoms with Gasteiger partial charge in [-0.1, -0.05) is 183 Å². The normalized spacial score (nSPS) is 14.0. The van der Waals surface area contributed by atoms with Crippen LogP contribution in [0.4, 0.5) is 0 Å². The van der Waals surface area contributed by atoms with Crippen LogP contribution >= 0.6 is 7.82 Å². The van der Waals surface area contributed by atoms with Crippen molar-refractivity contribution in [3.05, 3.63) is 72.9 Å². The summed E-state index contributed by atoms with van der Waals surface area (Å²) in [5.41, 5.74) is 0. The molecule has 0 N–H and O–H groups in total. The van der Waals surface area contributed by atoms with E-state index in [9.17, 15) is 19.0 Å². The maximum absolute atomic E-state index is 12.7. The number of quaternary nitrogens is 1. The number of hydrogen-bond acceptors (Lipinski definition) is 8. The molecule has 0 aromatic carbocycles. The summed E-state index contributed by atoms with van der Waals surface area (Å²) < 4.78 is 34.0. The van der Waals surface area contributed by atoms with Crippen LogP contribution in [0.25, 0.3) is 0 Å². The molecule has 0 amide bonds. The first-order valence-corrected chi connectivity index (χ1v) is 27.1. The predicted molar refractivity (Wildman–Crippen MR) is 268 cm³/mol. The van der Waals surface area contributed by atoms with Crippen molar-refractivity contribution in [2.75, 3.05) is 47.5 Å². The molecule has 0 heterocycles. The molecule has 2 unspecified atom stereocenters. The van der Waals surface area contributed by atoms with E-state index in [2.05, 4.69) is 86.8 Å². The van der Waals surface area contributed by atoms with Crippen molar-refractivity contribution in [2.45, 2.75) is 213 Å².